The van der Waals surface area contributed by atoms with E-state index in [2.05, 4.69) is 0 Å². The van der Waals surface area contributed by atoms with E-state index >= 15 is 0 Å². The minimum absolute atomic E-state index is 0.0554. The first kappa shape index (κ1) is 11.2. The highest BCUT2D eigenvalue weighted by atomic mass is 32.1. The van der Waals surface area contributed by atoms with Gasteiger partial charge in [0.25, 0.3) is 0 Å². The van der Waals surface area contributed by atoms with E-state index in [-0.39, 0.29) is 11.6 Å². The Morgan fingerprint density at radius 3 is 2.56 bits per heavy atom. The number of rotatable bonds is 4. The van der Waals surface area contributed by atoms with Crippen LogP contribution in [-0.2, 0) is 6.42 Å². The van der Waals surface area contributed by atoms with Crippen LogP contribution in [-0.4, -0.2) is 11.6 Å². The van der Waals surface area contributed by atoms with Gasteiger partial charge in [-0.1, -0.05) is 6.07 Å². The van der Waals surface area contributed by atoms with Crippen molar-refractivity contribution >= 4 is 34.2 Å². The zero-order valence-corrected chi connectivity index (χ0v) is 10.4. The Labute approximate surface area is 102 Å². The third kappa shape index (κ3) is 2.46. The van der Waals surface area contributed by atoms with Crippen LogP contribution in [0.15, 0.2) is 29.6 Å². The van der Waals surface area contributed by atoms with Crippen molar-refractivity contribution in [3.8, 4) is 0 Å². The number of hydrogen-bond acceptors (Lipinski definition) is 4. The van der Waals surface area contributed by atoms with Gasteiger partial charge in [-0.2, -0.15) is 0 Å². The molecule has 0 fully saturated rings. The molecule has 0 unspecified atom stereocenters. The SMILES string of the molecule is CC(=O)c1ccc(CC(=O)c2cccs2)s1. The second kappa shape index (κ2) is 4.72. The molecule has 0 aliphatic carbocycles. The standard InChI is InChI=1S/C12H10O2S2/c1-8(13)11-5-4-9(16-11)7-10(14)12-3-2-6-15-12/h2-6H,7H2,1H3. The van der Waals surface area contributed by atoms with Gasteiger partial charge in [0.2, 0.25) is 0 Å². The molecule has 4 heteroatoms. The predicted octanol–water partition coefficient (Wildman–Crippen LogP) is 3.44. The molecule has 0 bridgehead atoms. The molecule has 0 spiro atoms. The summed E-state index contributed by atoms with van der Waals surface area (Å²) in [5.74, 6) is 0.173. The summed E-state index contributed by atoms with van der Waals surface area (Å²) in [6, 6.07) is 7.33. The van der Waals surface area contributed by atoms with Crippen molar-refractivity contribution in [1.29, 1.82) is 0 Å². The topological polar surface area (TPSA) is 34.1 Å². The molecule has 0 amide bonds. The van der Waals surface area contributed by atoms with Crippen LogP contribution in [0.1, 0.15) is 31.1 Å². The molecule has 16 heavy (non-hydrogen) atoms. The van der Waals surface area contributed by atoms with E-state index in [1.807, 2.05) is 23.6 Å². The summed E-state index contributed by atoms with van der Waals surface area (Å²) >= 11 is 2.85. The molecular formula is C12H10O2S2. The van der Waals surface area contributed by atoms with Gasteiger partial charge in [-0.15, -0.1) is 22.7 Å². The van der Waals surface area contributed by atoms with E-state index in [1.165, 1.54) is 29.6 Å². The molecule has 0 aliphatic rings. The summed E-state index contributed by atoms with van der Waals surface area (Å²) in [5, 5.41) is 1.89. The van der Waals surface area contributed by atoms with Crippen molar-refractivity contribution < 1.29 is 9.59 Å². The van der Waals surface area contributed by atoms with Crippen molar-refractivity contribution in [1.82, 2.24) is 0 Å². The van der Waals surface area contributed by atoms with Crippen molar-refractivity contribution in [2.24, 2.45) is 0 Å². The first-order chi connectivity index (χ1) is 7.66. The lowest BCUT2D eigenvalue weighted by atomic mass is 10.2. The Balaban J connectivity index is 2.09. The molecule has 0 aliphatic heterocycles. The summed E-state index contributed by atoms with van der Waals surface area (Å²) in [6.45, 7) is 1.54. The molecule has 0 atom stereocenters. The lowest BCUT2D eigenvalue weighted by Crippen LogP contribution is -1.98. The van der Waals surface area contributed by atoms with Crippen molar-refractivity contribution in [2.75, 3.05) is 0 Å². The molecule has 0 saturated carbocycles. The van der Waals surface area contributed by atoms with Gasteiger partial charge >= 0.3 is 0 Å². The Kier molecular flexibility index (Phi) is 3.31. The van der Waals surface area contributed by atoms with E-state index in [1.54, 1.807) is 6.07 Å². The van der Waals surface area contributed by atoms with Crippen LogP contribution >= 0.6 is 22.7 Å². The molecule has 2 nitrogen and oxygen atoms in total. The van der Waals surface area contributed by atoms with Crippen molar-refractivity contribution in [2.45, 2.75) is 13.3 Å². The third-order valence-corrected chi connectivity index (χ3v) is 4.24. The first-order valence-electron chi connectivity index (χ1n) is 4.83. The first-order valence-corrected chi connectivity index (χ1v) is 6.53. The maximum Gasteiger partial charge on any atom is 0.177 e. The average Bonchev–Trinajstić information content (AvgIpc) is 2.87. The monoisotopic (exact) mass is 250 g/mol. The molecule has 0 aromatic carbocycles. The molecule has 82 valence electrons. The smallest absolute Gasteiger partial charge is 0.177 e. The maximum atomic E-state index is 11.8. The number of carbonyl (C=O) groups excluding carboxylic acids is 2. The Hall–Kier alpha value is -1.26. The second-order valence-corrected chi connectivity index (χ2v) is 5.52. The van der Waals surface area contributed by atoms with Gasteiger partial charge in [-0.05, 0) is 30.5 Å². The normalized spacial score (nSPS) is 10.3. The summed E-state index contributed by atoms with van der Waals surface area (Å²) in [5.41, 5.74) is 0. The Morgan fingerprint density at radius 1 is 1.19 bits per heavy atom. The van der Waals surface area contributed by atoms with Gasteiger partial charge in [0.05, 0.1) is 9.75 Å². The second-order valence-electron chi connectivity index (χ2n) is 3.40. The lowest BCUT2D eigenvalue weighted by Gasteiger charge is -1.94. The van der Waals surface area contributed by atoms with Crippen molar-refractivity contribution in [3.05, 3.63) is 44.3 Å². The average molecular weight is 250 g/mol. The zero-order valence-electron chi connectivity index (χ0n) is 8.73. The summed E-state index contributed by atoms with van der Waals surface area (Å²) in [7, 11) is 0. The van der Waals surface area contributed by atoms with E-state index in [0.29, 0.717) is 11.3 Å². The number of carbonyl (C=O) groups is 2. The molecule has 0 saturated heterocycles. The van der Waals surface area contributed by atoms with Crippen LogP contribution in [0.5, 0.6) is 0 Å². The molecule has 2 heterocycles. The Bertz CT molecular complexity index is 509. The molecule has 2 rings (SSSR count). The minimum atomic E-state index is 0.0554. The molecular weight excluding hydrogens is 240 g/mol. The number of ketones is 2. The van der Waals surface area contributed by atoms with Crippen LogP contribution in [0.4, 0.5) is 0 Å². The van der Waals surface area contributed by atoms with Gasteiger partial charge in [0, 0.05) is 11.3 Å². The number of Topliss-reactive ketones (excluding diaryl/α,β-unsaturated/α-hetero) is 2. The molecule has 2 aromatic rings. The van der Waals surface area contributed by atoms with Crippen LogP contribution in [0, 0.1) is 0 Å². The fourth-order valence-electron chi connectivity index (χ4n) is 1.34. The van der Waals surface area contributed by atoms with Gasteiger partial charge in [-0.25, -0.2) is 0 Å². The largest absolute Gasteiger partial charge is 0.294 e. The highest BCUT2D eigenvalue weighted by Gasteiger charge is 2.10. The highest BCUT2D eigenvalue weighted by Crippen LogP contribution is 2.20. The molecule has 0 radical (unpaired) electrons. The van der Waals surface area contributed by atoms with E-state index < -0.39 is 0 Å². The van der Waals surface area contributed by atoms with Gasteiger partial charge in [0.15, 0.2) is 11.6 Å². The highest BCUT2D eigenvalue weighted by molar-refractivity contribution is 7.14. The van der Waals surface area contributed by atoms with Crippen LogP contribution in [0.25, 0.3) is 0 Å². The van der Waals surface area contributed by atoms with Gasteiger partial charge in [0.1, 0.15) is 0 Å². The molecule has 2 aromatic heterocycles. The lowest BCUT2D eigenvalue weighted by molar-refractivity contribution is 0.0994. The van der Waals surface area contributed by atoms with Gasteiger partial charge in [-0.3, -0.25) is 9.59 Å². The van der Waals surface area contributed by atoms with E-state index in [9.17, 15) is 9.59 Å². The van der Waals surface area contributed by atoms with E-state index in [4.69, 9.17) is 0 Å². The predicted molar refractivity (Wildman–Crippen MR) is 66.7 cm³/mol. The zero-order chi connectivity index (χ0) is 11.5. The minimum Gasteiger partial charge on any atom is -0.294 e. The summed E-state index contributed by atoms with van der Waals surface area (Å²) in [4.78, 5) is 25.3. The van der Waals surface area contributed by atoms with Gasteiger partial charge < -0.3 is 0 Å². The summed E-state index contributed by atoms with van der Waals surface area (Å²) in [6.07, 6.45) is 0.387. The van der Waals surface area contributed by atoms with Crippen LogP contribution in [0.2, 0.25) is 0 Å². The van der Waals surface area contributed by atoms with E-state index in [0.717, 1.165) is 9.75 Å². The third-order valence-electron chi connectivity index (χ3n) is 2.14. The maximum absolute atomic E-state index is 11.8. The Morgan fingerprint density at radius 2 is 2.00 bits per heavy atom. The fraction of sp³-hybridized carbons (Fsp3) is 0.167. The van der Waals surface area contributed by atoms with Crippen LogP contribution < -0.4 is 0 Å². The number of hydrogen-bond donors (Lipinski definition) is 0. The fourth-order valence-corrected chi connectivity index (χ4v) is 2.91. The summed E-state index contributed by atoms with van der Waals surface area (Å²) < 4.78 is 0. The quantitative estimate of drug-likeness (QED) is 0.779. The number of thiophene rings is 2. The van der Waals surface area contributed by atoms with Crippen molar-refractivity contribution in [3.63, 3.8) is 0 Å². The van der Waals surface area contributed by atoms with Crippen LogP contribution in [0.3, 0.4) is 0 Å². The molecule has 0 N–H and O–H groups in total.